The molecule has 0 amide bonds. The number of aliphatic carboxylic acids is 1. The highest BCUT2D eigenvalue weighted by atomic mass is 32.2. The smallest absolute Gasteiger partial charge is 0.355 e. The molecule has 1 heterocycles. The molecule has 0 aromatic rings. The zero-order valence-corrected chi connectivity index (χ0v) is 8.34. The van der Waals surface area contributed by atoms with Gasteiger partial charge >= 0.3 is 5.97 Å². The first kappa shape index (κ1) is 10.9. The van der Waals surface area contributed by atoms with Crippen LogP contribution in [0.3, 0.4) is 0 Å². The fourth-order valence-electron chi connectivity index (χ4n) is 0.933. The molecule has 6 nitrogen and oxygen atoms in total. The summed E-state index contributed by atoms with van der Waals surface area (Å²) in [6.45, 7) is 2.54. The Bertz CT molecular complexity index is 407. The third kappa shape index (κ3) is 2.18. The first-order valence-electron chi connectivity index (χ1n) is 3.97. The molecule has 1 aliphatic rings. The van der Waals surface area contributed by atoms with Crippen LogP contribution in [0.1, 0.15) is 6.92 Å². The fourth-order valence-corrected chi connectivity index (χ4v) is 1.98. The van der Waals surface area contributed by atoms with Crippen LogP contribution in [-0.4, -0.2) is 38.3 Å². The van der Waals surface area contributed by atoms with E-state index in [1.807, 2.05) is 6.92 Å². The van der Waals surface area contributed by atoms with Crippen molar-refractivity contribution in [3.05, 3.63) is 11.0 Å². The van der Waals surface area contributed by atoms with Crippen LogP contribution < -0.4 is 5.32 Å². The third-order valence-corrected chi connectivity index (χ3v) is 2.98. The quantitative estimate of drug-likeness (QED) is 0.653. The van der Waals surface area contributed by atoms with Crippen LogP contribution in [0.4, 0.5) is 0 Å². The molecule has 2 N–H and O–H groups in total. The number of carbonyl (C=O) groups is 1. The number of hydrogen-bond donors (Lipinski definition) is 2. The number of nitrogens with one attached hydrogen (secondary N) is 1. The SMILES string of the molecule is CCNCC1=CC(C(=O)O)=NS1(=O)=O. The fraction of sp³-hybridized carbons (Fsp3) is 0.429. The van der Waals surface area contributed by atoms with Gasteiger partial charge in [-0.1, -0.05) is 6.92 Å². The van der Waals surface area contributed by atoms with Gasteiger partial charge in [0, 0.05) is 6.54 Å². The van der Waals surface area contributed by atoms with Crippen LogP contribution in [0.15, 0.2) is 15.4 Å². The molecule has 0 aromatic heterocycles. The minimum Gasteiger partial charge on any atom is -0.476 e. The molecule has 0 aromatic carbocycles. The standard InChI is InChI=1S/C7H10N2O4S/c1-2-8-4-5-3-6(7(10)11)9-14(5,12)13/h3,8H,2,4H2,1H3,(H,10,11). The van der Waals surface area contributed by atoms with Crippen LogP contribution in [0.2, 0.25) is 0 Å². The van der Waals surface area contributed by atoms with Gasteiger partial charge in [0.15, 0.2) is 5.71 Å². The van der Waals surface area contributed by atoms with Crippen molar-refractivity contribution in [1.29, 1.82) is 0 Å². The van der Waals surface area contributed by atoms with E-state index in [0.717, 1.165) is 6.08 Å². The van der Waals surface area contributed by atoms with Gasteiger partial charge in [-0.2, -0.15) is 12.8 Å². The second-order valence-electron chi connectivity index (χ2n) is 2.65. The number of hydrogen-bond acceptors (Lipinski definition) is 4. The van der Waals surface area contributed by atoms with E-state index in [1.54, 1.807) is 0 Å². The largest absolute Gasteiger partial charge is 0.476 e. The van der Waals surface area contributed by atoms with E-state index in [1.165, 1.54) is 0 Å². The van der Waals surface area contributed by atoms with E-state index in [0.29, 0.717) is 6.54 Å². The molecule has 1 rings (SSSR count). The predicted octanol–water partition coefficient (Wildman–Crippen LogP) is -0.651. The zero-order chi connectivity index (χ0) is 10.8. The molecular weight excluding hydrogens is 208 g/mol. The first-order valence-corrected chi connectivity index (χ1v) is 5.41. The number of nitrogens with zero attached hydrogens (tertiary/aromatic N) is 1. The maximum Gasteiger partial charge on any atom is 0.355 e. The third-order valence-electron chi connectivity index (χ3n) is 1.62. The second-order valence-corrected chi connectivity index (χ2v) is 4.30. The summed E-state index contributed by atoms with van der Waals surface area (Å²) in [5.74, 6) is -1.33. The molecule has 0 unspecified atom stereocenters. The summed E-state index contributed by atoms with van der Waals surface area (Å²) < 4.78 is 25.6. The van der Waals surface area contributed by atoms with Crippen LogP contribution in [0.25, 0.3) is 0 Å². The second kappa shape index (κ2) is 3.89. The highest BCUT2D eigenvalue weighted by Crippen LogP contribution is 2.15. The molecule has 78 valence electrons. The van der Waals surface area contributed by atoms with E-state index >= 15 is 0 Å². The Kier molecular flexibility index (Phi) is 3.02. The van der Waals surface area contributed by atoms with Crippen LogP contribution >= 0.6 is 0 Å². The average molecular weight is 218 g/mol. The summed E-state index contributed by atoms with van der Waals surface area (Å²) in [5, 5.41) is 11.3. The molecule has 0 spiro atoms. The summed E-state index contributed by atoms with van der Waals surface area (Å²) in [5.41, 5.74) is -0.432. The van der Waals surface area contributed by atoms with Gasteiger partial charge in [-0.25, -0.2) is 4.79 Å². The van der Waals surface area contributed by atoms with Crippen molar-refractivity contribution in [3.8, 4) is 0 Å². The van der Waals surface area contributed by atoms with Gasteiger partial charge < -0.3 is 10.4 Å². The normalized spacial score (nSPS) is 18.9. The molecule has 0 saturated heterocycles. The molecule has 0 fully saturated rings. The molecule has 0 aliphatic carbocycles. The number of sulfonamides is 1. The highest BCUT2D eigenvalue weighted by molar-refractivity contribution is 7.94. The molecule has 0 bridgehead atoms. The van der Waals surface area contributed by atoms with Gasteiger partial charge in [0.25, 0.3) is 10.0 Å². The monoisotopic (exact) mass is 218 g/mol. The number of carboxylic acid groups (broad SMARTS) is 1. The molecule has 0 atom stereocenters. The Balaban J connectivity index is 2.90. The lowest BCUT2D eigenvalue weighted by Crippen LogP contribution is -2.18. The molecule has 14 heavy (non-hydrogen) atoms. The Hall–Kier alpha value is -1.21. The minimum atomic E-state index is -3.75. The number of likely N-dealkylation sites (N-methyl/N-ethyl adjacent to an activating group) is 1. The van der Waals surface area contributed by atoms with Crippen molar-refractivity contribution in [3.63, 3.8) is 0 Å². The summed E-state index contributed by atoms with van der Waals surface area (Å²) in [6, 6.07) is 0. The Morgan fingerprint density at radius 1 is 1.64 bits per heavy atom. The summed E-state index contributed by atoms with van der Waals surface area (Å²) in [7, 11) is -3.75. The molecule has 0 saturated carbocycles. The van der Waals surface area contributed by atoms with Crippen molar-refractivity contribution in [1.82, 2.24) is 5.32 Å². The topological polar surface area (TPSA) is 95.8 Å². The summed E-state index contributed by atoms with van der Waals surface area (Å²) in [6.07, 6.45) is 1.07. The van der Waals surface area contributed by atoms with Crippen molar-refractivity contribution in [2.75, 3.05) is 13.1 Å². The highest BCUT2D eigenvalue weighted by Gasteiger charge is 2.26. The van der Waals surface area contributed by atoms with Crippen molar-refractivity contribution in [2.24, 2.45) is 4.40 Å². The van der Waals surface area contributed by atoms with Crippen molar-refractivity contribution in [2.45, 2.75) is 6.92 Å². The van der Waals surface area contributed by atoms with E-state index in [9.17, 15) is 13.2 Å². The Labute approximate surface area is 81.4 Å². The van der Waals surface area contributed by atoms with E-state index in [2.05, 4.69) is 9.71 Å². The summed E-state index contributed by atoms with van der Waals surface area (Å²) in [4.78, 5) is 10.4. The van der Waals surface area contributed by atoms with Gasteiger partial charge in [-0.15, -0.1) is 0 Å². The molecule has 0 radical (unpaired) electrons. The van der Waals surface area contributed by atoms with Crippen molar-refractivity contribution < 1.29 is 18.3 Å². The maximum atomic E-state index is 11.2. The lowest BCUT2D eigenvalue weighted by atomic mass is 10.3. The molecule has 7 heteroatoms. The van der Waals surface area contributed by atoms with Crippen LogP contribution in [0, 0.1) is 0 Å². The van der Waals surface area contributed by atoms with Gasteiger partial charge in [0.2, 0.25) is 0 Å². The van der Waals surface area contributed by atoms with Crippen LogP contribution in [-0.2, 0) is 14.8 Å². The Morgan fingerprint density at radius 2 is 2.29 bits per heavy atom. The van der Waals surface area contributed by atoms with E-state index < -0.39 is 21.7 Å². The average Bonchev–Trinajstić information content (AvgIpc) is 2.38. The zero-order valence-electron chi connectivity index (χ0n) is 7.52. The van der Waals surface area contributed by atoms with Gasteiger partial charge in [-0.05, 0) is 12.6 Å². The van der Waals surface area contributed by atoms with E-state index in [4.69, 9.17) is 5.11 Å². The Morgan fingerprint density at radius 3 is 2.71 bits per heavy atom. The minimum absolute atomic E-state index is 0.00301. The first-order chi connectivity index (χ1) is 6.47. The van der Waals surface area contributed by atoms with E-state index in [-0.39, 0.29) is 11.4 Å². The maximum absolute atomic E-state index is 11.2. The number of carboxylic acids is 1. The predicted molar refractivity (Wildman–Crippen MR) is 50.6 cm³/mol. The van der Waals surface area contributed by atoms with Crippen LogP contribution in [0.5, 0.6) is 0 Å². The van der Waals surface area contributed by atoms with Gasteiger partial charge in [0.1, 0.15) is 0 Å². The lowest BCUT2D eigenvalue weighted by molar-refractivity contribution is -0.129. The van der Waals surface area contributed by atoms with Crippen molar-refractivity contribution >= 4 is 21.7 Å². The van der Waals surface area contributed by atoms with Gasteiger partial charge in [-0.3, -0.25) is 0 Å². The van der Waals surface area contributed by atoms with Gasteiger partial charge in [0.05, 0.1) is 4.91 Å². The number of rotatable bonds is 4. The molecular formula is C7H10N2O4S. The lowest BCUT2D eigenvalue weighted by Gasteiger charge is -1.99. The summed E-state index contributed by atoms with van der Waals surface area (Å²) >= 11 is 0. The molecule has 1 aliphatic heterocycles.